The average Bonchev–Trinajstić information content (AvgIpc) is 2.90. The van der Waals surface area contributed by atoms with Gasteiger partial charge >= 0.3 is 6.09 Å². The summed E-state index contributed by atoms with van der Waals surface area (Å²) in [5.41, 5.74) is 0.689. The van der Waals surface area contributed by atoms with E-state index in [4.69, 9.17) is 4.74 Å². The molecule has 0 unspecified atom stereocenters. The number of hydrogen-bond acceptors (Lipinski definition) is 3. The Labute approximate surface area is 231 Å². The predicted octanol–water partition coefficient (Wildman–Crippen LogP) is 3.65. The summed E-state index contributed by atoms with van der Waals surface area (Å²) >= 11 is 1.84. The third kappa shape index (κ3) is 6.65. The lowest BCUT2D eigenvalue weighted by Gasteiger charge is -2.52. The maximum atomic E-state index is 14.0. The number of benzene rings is 3. The van der Waals surface area contributed by atoms with E-state index in [0.29, 0.717) is 17.2 Å². The molecule has 3 aliphatic heterocycles. The Morgan fingerprint density at radius 1 is 0.947 bits per heavy atom. The van der Waals surface area contributed by atoms with Crippen molar-refractivity contribution in [2.45, 2.75) is 30.4 Å². The SMILES string of the molecule is O=C(O[C@H]1C[N+]2(CCSc3ccccc3)CCC1CC2)N(Cc1ccc(F)c(F)c1)c1cccc(F)c1.[Cl-]. The third-order valence-electron chi connectivity index (χ3n) is 7.54. The van der Waals surface area contributed by atoms with Crippen molar-refractivity contribution < 1.29 is 39.6 Å². The van der Waals surface area contributed by atoms with Gasteiger partial charge in [0.05, 0.1) is 31.9 Å². The Morgan fingerprint density at radius 2 is 1.71 bits per heavy atom. The maximum Gasteiger partial charge on any atom is 0.415 e. The monoisotopic (exact) mass is 562 g/mol. The maximum absolute atomic E-state index is 14.0. The van der Waals surface area contributed by atoms with E-state index in [2.05, 4.69) is 12.1 Å². The molecule has 0 N–H and O–H groups in total. The minimum absolute atomic E-state index is 0. The number of amides is 1. The molecule has 38 heavy (non-hydrogen) atoms. The Balaban J connectivity index is 0.00000336. The number of piperidine rings is 3. The van der Waals surface area contributed by atoms with Crippen LogP contribution in [0.2, 0.25) is 0 Å². The van der Waals surface area contributed by atoms with Crippen LogP contribution in [0, 0.1) is 23.4 Å². The van der Waals surface area contributed by atoms with Gasteiger partial charge in [0.2, 0.25) is 0 Å². The molecule has 3 heterocycles. The third-order valence-corrected chi connectivity index (χ3v) is 8.53. The van der Waals surface area contributed by atoms with Crippen molar-refractivity contribution in [3.63, 3.8) is 0 Å². The average molecular weight is 563 g/mol. The molecule has 0 radical (unpaired) electrons. The first kappa shape index (κ1) is 28.3. The first-order valence-electron chi connectivity index (χ1n) is 12.6. The summed E-state index contributed by atoms with van der Waals surface area (Å²) in [7, 11) is 0. The lowest BCUT2D eigenvalue weighted by Crippen LogP contribution is -3.00. The van der Waals surface area contributed by atoms with E-state index in [-0.39, 0.29) is 25.1 Å². The number of quaternary nitrogens is 1. The zero-order chi connectivity index (χ0) is 25.8. The minimum atomic E-state index is -0.998. The summed E-state index contributed by atoms with van der Waals surface area (Å²) in [5, 5.41) is 0. The lowest BCUT2D eigenvalue weighted by molar-refractivity contribution is -0.943. The van der Waals surface area contributed by atoms with E-state index in [1.165, 1.54) is 34.1 Å². The number of carbonyl (C=O) groups is 1. The summed E-state index contributed by atoms with van der Waals surface area (Å²) < 4.78 is 48.3. The summed E-state index contributed by atoms with van der Waals surface area (Å²) in [6, 6.07) is 19.5. The minimum Gasteiger partial charge on any atom is -1.00 e. The molecule has 4 nitrogen and oxygen atoms in total. The van der Waals surface area contributed by atoms with E-state index in [9.17, 15) is 18.0 Å². The second kappa shape index (κ2) is 12.5. The molecule has 0 aliphatic carbocycles. The van der Waals surface area contributed by atoms with Crippen molar-refractivity contribution in [3.05, 3.63) is 95.8 Å². The fraction of sp³-hybridized carbons (Fsp3) is 0.345. The van der Waals surface area contributed by atoms with E-state index in [0.717, 1.165) is 61.4 Å². The van der Waals surface area contributed by atoms with Crippen LogP contribution in [-0.4, -0.2) is 48.6 Å². The molecule has 3 aromatic rings. The second-order valence-corrected chi connectivity index (χ2v) is 11.1. The van der Waals surface area contributed by atoms with Crippen LogP contribution in [0.4, 0.5) is 23.7 Å². The number of halogens is 4. The summed E-state index contributed by atoms with van der Waals surface area (Å²) in [6.45, 7) is 3.86. The van der Waals surface area contributed by atoms with Gasteiger partial charge in [-0.3, -0.25) is 4.90 Å². The van der Waals surface area contributed by atoms with Crippen molar-refractivity contribution in [1.29, 1.82) is 0 Å². The van der Waals surface area contributed by atoms with Crippen LogP contribution in [0.15, 0.2) is 77.7 Å². The Kier molecular flexibility index (Phi) is 9.28. The van der Waals surface area contributed by atoms with Crippen LogP contribution in [-0.2, 0) is 11.3 Å². The smallest absolute Gasteiger partial charge is 0.415 e. The van der Waals surface area contributed by atoms with E-state index < -0.39 is 23.5 Å². The Bertz CT molecular complexity index is 1240. The number of thioether (sulfide) groups is 1. The molecule has 3 fully saturated rings. The molecule has 0 aromatic heterocycles. The number of ether oxygens (including phenoxy) is 1. The van der Waals surface area contributed by atoms with Gasteiger partial charge in [-0.05, 0) is 48.0 Å². The molecule has 3 aromatic carbocycles. The standard InChI is InChI=1S/C29H30F3N2O2S.ClH/c30-23-5-4-6-24(18-23)33(19-21-9-10-26(31)27(32)17-21)29(35)36-28-20-34(13-11-22(28)12-14-34)15-16-37-25-7-2-1-3-8-25;/h1-10,17-18,22,28H,11-16,19-20H2;1H/q+1;/p-1/t22?,28-,34?;/m0./s1. The van der Waals surface area contributed by atoms with Crippen molar-refractivity contribution >= 4 is 23.5 Å². The highest BCUT2D eigenvalue weighted by atomic mass is 35.5. The first-order valence-corrected chi connectivity index (χ1v) is 13.6. The van der Waals surface area contributed by atoms with Gasteiger partial charge in [0, 0.05) is 29.4 Å². The topological polar surface area (TPSA) is 29.5 Å². The van der Waals surface area contributed by atoms with Crippen molar-refractivity contribution in [1.82, 2.24) is 0 Å². The van der Waals surface area contributed by atoms with Gasteiger partial charge in [0.15, 0.2) is 17.7 Å². The van der Waals surface area contributed by atoms with Gasteiger partial charge in [-0.1, -0.05) is 30.3 Å². The highest BCUT2D eigenvalue weighted by Crippen LogP contribution is 2.37. The quantitative estimate of drug-likeness (QED) is 0.310. The number of carbonyl (C=O) groups excluding carboxylic acids is 1. The highest BCUT2D eigenvalue weighted by Gasteiger charge is 2.47. The number of rotatable bonds is 8. The molecule has 0 spiro atoms. The molecule has 6 rings (SSSR count). The lowest BCUT2D eigenvalue weighted by atomic mass is 9.83. The molecule has 3 aliphatic rings. The first-order chi connectivity index (χ1) is 17.9. The fourth-order valence-corrected chi connectivity index (χ4v) is 6.53. The van der Waals surface area contributed by atoms with Crippen LogP contribution < -0.4 is 17.3 Å². The Morgan fingerprint density at radius 3 is 2.42 bits per heavy atom. The molecule has 1 amide bonds. The van der Waals surface area contributed by atoms with Crippen LogP contribution in [0.1, 0.15) is 18.4 Å². The van der Waals surface area contributed by atoms with E-state index in [1.807, 2.05) is 30.0 Å². The van der Waals surface area contributed by atoms with Gasteiger partial charge in [-0.25, -0.2) is 18.0 Å². The molecular formula is C29H30ClF3N2O2S. The van der Waals surface area contributed by atoms with Gasteiger partial charge < -0.3 is 21.6 Å². The molecule has 202 valence electrons. The largest absolute Gasteiger partial charge is 1.00 e. The van der Waals surface area contributed by atoms with Crippen molar-refractivity contribution in [3.8, 4) is 0 Å². The van der Waals surface area contributed by atoms with Crippen molar-refractivity contribution in [2.75, 3.05) is 36.8 Å². The van der Waals surface area contributed by atoms with Crippen LogP contribution in [0.25, 0.3) is 0 Å². The second-order valence-electron chi connectivity index (χ2n) is 9.93. The summed E-state index contributed by atoms with van der Waals surface area (Å²) in [5.74, 6) is -1.18. The molecule has 9 heteroatoms. The van der Waals surface area contributed by atoms with Gasteiger partial charge in [-0.2, -0.15) is 0 Å². The van der Waals surface area contributed by atoms with Gasteiger partial charge in [-0.15, -0.1) is 11.8 Å². The van der Waals surface area contributed by atoms with E-state index >= 15 is 0 Å². The molecule has 3 saturated heterocycles. The number of hydrogen-bond donors (Lipinski definition) is 0. The highest BCUT2D eigenvalue weighted by molar-refractivity contribution is 7.99. The van der Waals surface area contributed by atoms with Gasteiger partial charge in [0.1, 0.15) is 12.4 Å². The molecule has 1 atom stereocenters. The zero-order valence-corrected chi connectivity index (χ0v) is 22.4. The van der Waals surface area contributed by atoms with Crippen LogP contribution in [0.3, 0.4) is 0 Å². The Hall–Kier alpha value is -2.68. The van der Waals surface area contributed by atoms with E-state index in [1.54, 1.807) is 6.07 Å². The van der Waals surface area contributed by atoms with Crippen LogP contribution in [0.5, 0.6) is 0 Å². The number of fused-ring (bicyclic) bond motifs is 3. The fourth-order valence-electron chi connectivity index (χ4n) is 5.46. The normalized spacial score (nSPS) is 22.0. The molecule has 0 saturated carbocycles. The molecule has 2 bridgehead atoms. The number of anilines is 1. The summed E-state index contributed by atoms with van der Waals surface area (Å²) in [6.07, 6.45) is 1.15. The van der Waals surface area contributed by atoms with Crippen LogP contribution >= 0.6 is 11.8 Å². The summed E-state index contributed by atoms with van der Waals surface area (Å²) in [4.78, 5) is 16.0. The van der Waals surface area contributed by atoms with Crippen molar-refractivity contribution in [2.24, 2.45) is 5.92 Å². The van der Waals surface area contributed by atoms with Gasteiger partial charge in [0.25, 0.3) is 0 Å². The number of nitrogens with zero attached hydrogens (tertiary/aromatic N) is 2. The predicted molar refractivity (Wildman–Crippen MR) is 139 cm³/mol. The zero-order valence-electron chi connectivity index (χ0n) is 20.9. The molecular weight excluding hydrogens is 533 g/mol.